The van der Waals surface area contributed by atoms with Gasteiger partial charge in [0.05, 0.1) is 23.0 Å². The van der Waals surface area contributed by atoms with Gasteiger partial charge in [-0.2, -0.15) is 5.10 Å². The molecule has 20 heavy (non-hydrogen) atoms. The van der Waals surface area contributed by atoms with E-state index < -0.39 is 5.91 Å². The minimum absolute atomic E-state index is 0.200. The third-order valence-corrected chi connectivity index (χ3v) is 3.73. The molecule has 104 valence electrons. The minimum atomic E-state index is -0.540. The Kier molecular flexibility index (Phi) is 3.09. The number of hydrogen-bond donors (Lipinski definition) is 2. The van der Waals surface area contributed by atoms with Gasteiger partial charge in [-0.05, 0) is 30.2 Å². The first-order valence-corrected chi connectivity index (χ1v) is 6.61. The van der Waals surface area contributed by atoms with Gasteiger partial charge < -0.3 is 11.1 Å². The molecule has 1 fully saturated rings. The smallest absolute Gasteiger partial charge is 0.252 e. The monoisotopic (exact) mass is 273 g/mol. The molecule has 2 aromatic rings. The van der Waals surface area contributed by atoms with Crippen LogP contribution in [0.4, 0.5) is 11.5 Å². The third-order valence-electron chi connectivity index (χ3n) is 3.73. The van der Waals surface area contributed by atoms with Crippen molar-refractivity contribution in [1.82, 2.24) is 9.61 Å². The van der Waals surface area contributed by atoms with Crippen LogP contribution < -0.4 is 11.1 Å². The Balaban J connectivity index is 2.12. The van der Waals surface area contributed by atoms with Crippen LogP contribution in [0.15, 0.2) is 23.5 Å². The molecule has 0 saturated heterocycles. The van der Waals surface area contributed by atoms with E-state index >= 15 is 0 Å². The van der Waals surface area contributed by atoms with E-state index in [0.29, 0.717) is 22.8 Å². The molecule has 3 N–H and O–H groups in total. The summed E-state index contributed by atoms with van der Waals surface area (Å²) < 4.78 is 1.41. The molecule has 7 heteroatoms. The van der Waals surface area contributed by atoms with Crippen molar-refractivity contribution in [2.24, 2.45) is 10.9 Å². The molecule has 7 nitrogen and oxygen atoms in total. The Morgan fingerprint density at radius 1 is 1.40 bits per heavy atom. The second-order valence-corrected chi connectivity index (χ2v) is 5.00. The molecule has 1 saturated carbocycles. The number of fused-ring (bicyclic) bond motifs is 1. The van der Waals surface area contributed by atoms with Crippen LogP contribution in [0.1, 0.15) is 36.0 Å². The summed E-state index contributed by atoms with van der Waals surface area (Å²) in [5.41, 5.74) is 7.01. The van der Waals surface area contributed by atoms with Crippen LogP contribution in [0.3, 0.4) is 0 Å². The zero-order valence-electron chi connectivity index (χ0n) is 10.9. The normalized spacial score (nSPS) is 15.6. The molecule has 1 aliphatic carbocycles. The Morgan fingerprint density at radius 2 is 2.15 bits per heavy atom. The number of carbonyl (C=O) groups excluding carboxylic acids is 1. The van der Waals surface area contributed by atoms with E-state index in [1.54, 1.807) is 12.1 Å². The van der Waals surface area contributed by atoms with Gasteiger partial charge in [-0.1, -0.05) is 12.8 Å². The molecule has 0 spiro atoms. The molecule has 1 aliphatic rings. The molecule has 1 amide bonds. The van der Waals surface area contributed by atoms with Crippen molar-refractivity contribution in [3.05, 3.63) is 28.8 Å². The van der Waals surface area contributed by atoms with Gasteiger partial charge in [0.2, 0.25) is 0 Å². The lowest BCUT2D eigenvalue weighted by atomic mass is 10.1. The van der Waals surface area contributed by atoms with E-state index in [-0.39, 0.29) is 5.82 Å². The molecule has 0 aliphatic heterocycles. The van der Waals surface area contributed by atoms with Crippen molar-refractivity contribution in [3.8, 4) is 0 Å². The summed E-state index contributed by atoms with van der Waals surface area (Å²) in [6.45, 7) is 0. The van der Waals surface area contributed by atoms with Gasteiger partial charge in [0, 0.05) is 6.04 Å². The fraction of sp³-hybridized carbons (Fsp3) is 0.385. The van der Waals surface area contributed by atoms with Crippen molar-refractivity contribution in [2.45, 2.75) is 31.7 Å². The number of hydrogen-bond acceptors (Lipinski definition) is 5. The topological polar surface area (TPSA) is 102 Å². The third kappa shape index (κ3) is 2.01. The maximum Gasteiger partial charge on any atom is 0.252 e. The van der Waals surface area contributed by atoms with Crippen LogP contribution in [0.5, 0.6) is 0 Å². The largest absolute Gasteiger partial charge is 0.380 e. The van der Waals surface area contributed by atoms with Gasteiger partial charge in [-0.25, -0.2) is 4.52 Å². The summed E-state index contributed by atoms with van der Waals surface area (Å²) in [6.07, 6.45) is 5.85. The number of nitroso groups, excluding NO2 is 1. The summed E-state index contributed by atoms with van der Waals surface area (Å²) in [5.74, 6) is -0.340. The SMILES string of the molecule is NC(=O)c1cnn2c(N=O)ccc2c1NC1CCCC1. The Hall–Kier alpha value is -2.44. The van der Waals surface area contributed by atoms with E-state index in [1.165, 1.54) is 23.6 Å². The van der Waals surface area contributed by atoms with Crippen LogP contribution in [0.25, 0.3) is 5.52 Å². The Morgan fingerprint density at radius 3 is 2.80 bits per heavy atom. The molecule has 0 radical (unpaired) electrons. The van der Waals surface area contributed by atoms with Crippen LogP contribution in [-0.4, -0.2) is 21.6 Å². The Bertz CT molecular complexity index is 673. The zero-order chi connectivity index (χ0) is 14.1. The number of rotatable bonds is 4. The van der Waals surface area contributed by atoms with Crippen molar-refractivity contribution < 1.29 is 4.79 Å². The fourth-order valence-corrected chi connectivity index (χ4v) is 2.73. The highest BCUT2D eigenvalue weighted by Gasteiger charge is 2.21. The van der Waals surface area contributed by atoms with Gasteiger partial charge in [0.25, 0.3) is 5.91 Å². The zero-order valence-corrected chi connectivity index (χ0v) is 10.9. The predicted molar refractivity (Wildman–Crippen MR) is 75.0 cm³/mol. The first kappa shape index (κ1) is 12.6. The highest BCUT2D eigenvalue weighted by atomic mass is 16.3. The lowest BCUT2D eigenvalue weighted by Gasteiger charge is -2.17. The van der Waals surface area contributed by atoms with Crippen molar-refractivity contribution >= 4 is 22.9 Å². The number of amides is 1. The highest BCUT2D eigenvalue weighted by Crippen LogP contribution is 2.30. The van der Waals surface area contributed by atoms with E-state index in [4.69, 9.17) is 5.73 Å². The summed E-state index contributed by atoms with van der Waals surface area (Å²) in [4.78, 5) is 22.3. The second kappa shape index (κ2) is 4.92. The van der Waals surface area contributed by atoms with Gasteiger partial charge in [-0.15, -0.1) is 4.91 Å². The summed E-state index contributed by atoms with van der Waals surface area (Å²) in [7, 11) is 0. The highest BCUT2D eigenvalue weighted by molar-refractivity contribution is 6.02. The number of nitrogens with one attached hydrogen (secondary N) is 1. The van der Waals surface area contributed by atoms with Crippen LogP contribution in [0, 0.1) is 4.91 Å². The maximum atomic E-state index is 11.6. The first-order chi connectivity index (χ1) is 9.70. The maximum absolute atomic E-state index is 11.6. The van der Waals surface area contributed by atoms with Crippen molar-refractivity contribution in [2.75, 3.05) is 5.32 Å². The summed E-state index contributed by atoms with van der Waals surface area (Å²) >= 11 is 0. The summed E-state index contributed by atoms with van der Waals surface area (Å²) in [6, 6.07) is 3.61. The molecule has 2 aromatic heterocycles. The first-order valence-electron chi connectivity index (χ1n) is 6.61. The molecule has 0 bridgehead atoms. The van der Waals surface area contributed by atoms with Gasteiger partial charge in [0.1, 0.15) is 0 Å². The number of nitrogens with zero attached hydrogens (tertiary/aromatic N) is 3. The average molecular weight is 273 g/mol. The van der Waals surface area contributed by atoms with Gasteiger partial charge in [-0.3, -0.25) is 4.79 Å². The van der Waals surface area contributed by atoms with E-state index in [1.807, 2.05) is 0 Å². The van der Waals surface area contributed by atoms with E-state index in [2.05, 4.69) is 15.6 Å². The van der Waals surface area contributed by atoms with Crippen LogP contribution in [0.2, 0.25) is 0 Å². The number of nitrogens with two attached hydrogens (primary N) is 1. The number of carbonyl (C=O) groups is 1. The fourth-order valence-electron chi connectivity index (χ4n) is 2.73. The Labute approximate surface area is 115 Å². The number of aromatic nitrogens is 2. The molecule has 0 atom stereocenters. The lowest BCUT2D eigenvalue weighted by molar-refractivity contribution is 0.100. The predicted octanol–water partition coefficient (Wildman–Crippen LogP) is 2.19. The van der Waals surface area contributed by atoms with E-state index in [0.717, 1.165) is 12.8 Å². The molecule has 3 rings (SSSR count). The molecular weight excluding hydrogens is 258 g/mol. The number of primary amides is 1. The average Bonchev–Trinajstić information content (AvgIpc) is 3.07. The lowest BCUT2D eigenvalue weighted by Crippen LogP contribution is -2.21. The quantitative estimate of drug-likeness (QED) is 0.833. The molecular formula is C13H15N5O2. The van der Waals surface area contributed by atoms with Gasteiger partial charge >= 0.3 is 0 Å². The van der Waals surface area contributed by atoms with Crippen molar-refractivity contribution in [1.29, 1.82) is 0 Å². The molecule has 0 aromatic carbocycles. The van der Waals surface area contributed by atoms with Crippen LogP contribution in [-0.2, 0) is 0 Å². The molecule has 0 unspecified atom stereocenters. The van der Waals surface area contributed by atoms with Crippen LogP contribution >= 0.6 is 0 Å². The summed E-state index contributed by atoms with van der Waals surface area (Å²) in [5, 5.41) is 10.3. The van der Waals surface area contributed by atoms with Crippen molar-refractivity contribution in [3.63, 3.8) is 0 Å². The number of anilines is 1. The van der Waals surface area contributed by atoms with Gasteiger partial charge in [0.15, 0.2) is 5.82 Å². The second-order valence-electron chi connectivity index (χ2n) is 5.00. The minimum Gasteiger partial charge on any atom is -0.380 e. The molecule has 2 heterocycles. The standard InChI is InChI=1S/C13H15N5O2/c14-13(19)9-7-15-18-10(5-6-11(18)17-20)12(9)16-8-3-1-2-4-8/h5-8,16H,1-4H2,(H2,14,19). The van der Waals surface area contributed by atoms with E-state index in [9.17, 15) is 9.70 Å².